The van der Waals surface area contributed by atoms with Crippen LogP contribution in [0.5, 0.6) is 0 Å². The maximum atomic E-state index is 12.1. The van der Waals surface area contributed by atoms with Gasteiger partial charge in [0.25, 0.3) is 5.91 Å². The second kappa shape index (κ2) is 4.82. The third-order valence-electron chi connectivity index (χ3n) is 3.56. The SMILES string of the molecule is O=C(Nc1nc2c(s1)=CC1=CC=CCC=21)c1ccccc1. The summed E-state index contributed by atoms with van der Waals surface area (Å²) in [4.78, 5) is 16.7. The van der Waals surface area contributed by atoms with Crippen LogP contribution < -0.4 is 15.2 Å². The van der Waals surface area contributed by atoms with Crippen LogP contribution >= 0.6 is 11.3 Å². The van der Waals surface area contributed by atoms with Gasteiger partial charge in [0, 0.05) is 5.56 Å². The molecule has 0 spiro atoms. The Hall–Kier alpha value is -2.46. The van der Waals surface area contributed by atoms with E-state index in [1.807, 2.05) is 18.2 Å². The molecule has 1 heterocycles. The standard InChI is InChI=1S/C17H12N2OS/c20-16(11-6-2-1-3-7-11)19-17-18-15-13-9-5-4-8-12(13)10-14(15)21-17/h1-8,10H,9H2,(H,18,19,20). The lowest BCUT2D eigenvalue weighted by Gasteiger charge is -2.04. The number of fused-ring (bicyclic) bond motifs is 2. The summed E-state index contributed by atoms with van der Waals surface area (Å²) in [6, 6.07) is 9.19. The molecule has 102 valence electrons. The van der Waals surface area contributed by atoms with Crippen LogP contribution in [-0.2, 0) is 0 Å². The molecular weight excluding hydrogens is 280 g/mol. The van der Waals surface area contributed by atoms with Gasteiger partial charge >= 0.3 is 0 Å². The van der Waals surface area contributed by atoms with E-state index in [4.69, 9.17) is 0 Å². The molecule has 0 unspecified atom stereocenters. The van der Waals surface area contributed by atoms with Crippen molar-refractivity contribution in [1.82, 2.24) is 4.98 Å². The molecule has 1 aromatic carbocycles. The number of hydrogen-bond donors (Lipinski definition) is 1. The van der Waals surface area contributed by atoms with Crippen molar-refractivity contribution in [2.45, 2.75) is 6.42 Å². The highest BCUT2D eigenvalue weighted by atomic mass is 32.1. The quantitative estimate of drug-likeness (QED) is 0.922. The number of nitrogens with one attached hydrogen (secondary N) is 1. The number of carbonyl (C=O) groups is 1. The van der Waals surface area contributed by atoms with Gasteiger partial charge in [0.2, 0.25) is 0 Å². The topological polar surface area (TPSA) is 42.0 Å². The number of aromatic nitrogens is 1. The number of benzene rings is 1. The normalized spacial score (nSPS) is 15.0. The molecule has 0 saturated carbocycles. The number of amides is 1. The molecule has 2 aromatic rings. The van der Waals surface area contributed by atoms with Crippen molar-refractivity contribution < 1.29 is 4.79 Å². The smallest absolute Gasteiger partial charge is 0.257 e. The number of anilines is 1. The number of carbonyl (C=O) groups excluding carboxylic acids is 1. The highest BCUT2D eigenvalue weighted by molar-refractivity contribution is 7.13. The fraction of sp³-hybridized carbons (Fsp3) is 0.0588. The van der Waals surface area contributed by atoms with Gasteiger partial charge in [-0.25, -0.2) is 4.98 Å². The van der Waals surface area contributed by atoms with Crippen molar-refractivity contribution in [2.24, 2.45) is 0 Å². The van der Waals surface area contributed by atoms with E-state index in [1.54, 1.807) is 12.1 Å². The first-order chi connectivity index (χ1) is 10.3. The second-order valence-corrected chi connectivity index (χ2v) is 5.96. The molecule has 0 aliphatic heterocycles. The van der Waals surface area contributed by atoms with Crippen LogP contribution in [0.15, 0.2) is 54.1 Å². The molecule has 21 heavy (non-hydrogen) atoms. The maximum Gasteiger partial charge on any atom is 0.257 e. The molecule has 1 N–H and O–H groups in total. The number of rotatable bonds is 2. The fourth-order valence-corrected chi connectivity index (χ4v) is 3.48. The van der Waals surface area contributed by atoms with Crippen molar-refractivity contribution in [3.8, 4) is 0 Å². The zero-order valence-electron chi connectivity index (χ0n) is 11.2. The van der Waals surface area contributed by atoms with Gasteiger partial charge in [0.15, 0.2) is 5.13 Å². The van der Waals surface area contributed by atoms with Crippen molar-refractivity contribution in [1.29, 1.82) is 0 Å². The van der Waals surface area contributed by atoms with E-state index in [1.165, 1.54) is 22.5 Å². The Labute approximate surface area is 125 Å². The summed E-state index contributed by atoms with van der Waals surface area (Å²) >= 11 is 1.52. The third-order valence-corrected chi connectivity index (χ3v) is 4.48. The average Bonchev–Trinajstić information content (AvgIpc) is 3.05. The van der Waals surface area contributed by atoms with Gasteiger partial charge in [-0.3, -0.25) is 10.1 Å². The maximum absolute atomic E-state index is 12.1. The minimum Gasteiger partial charge on any atom is -0.298 e. The van der Waals surface area contributed by atoms with E-state index in [-0.39, 0.29) is 5.91 Å². The summed E-state index contributed by atoms with van der Waals surface area (Å²) in [5, 5.41) is 4.55. The van der Waals surface area contributed by atoms with Crippen LogP contribution in [0.2, 0.25) is 0 Å². The first-order valence-electron chi connectivity index (χ1n) is 6.76. The molecule has 2 aliphatic rings. The van der Waals surface area contributed by atoms with Crippen LogP contribution in [0.1, 0.15) is 16.8 Å². The molecule has 0 fully saturated rings. The molecular formula is C17H12N2OS. The average molecular weight is 292 g/mol. The van der Waals surface area contributed by atoms with Crippen LogP contribution in [0.4, 0.5) is 5.13 Å². The predicted octanol–water partition coefficient (Wildman–Crippen LogP) is 2.23. The second-order valence-electron chi connectivity index (χ2n) is 4.93. The molecule has 4 heteroatoms. The van der Waals surface area contributed by atoms with Gasteiger partial charge in [-0.05, 0) is 35.8 Å². The Morgan fingerprint density at radius 3 is 2.95 bits per heavy atom. The van der Waals surface area contributed by atoms with E-state index in [0.29, 0.717) is 10.7 Å². The summed E-state index contributed by atoms with van der Waals surface area (Å²) in [6.45, 7) is 0. The van der Waals surface area contributed by atoms with Gasteiger partial charge in [-0.1, -0.05) is 47.8 Å². The summed E-state index contributed by atoms with van der Waals surface area (Å²) in [5.74, 6) is -0.118. The Kier molecular flexibility index (Phi) is 2.82. The lowest BCUT2D eigenvalue weighted by atomic mass is 10.0. The van der Waals surface area contributed by atoms with Crippen LogP contribution in [0, 0.1) is 0 Å². The zero-order valence-corrected chi connectivity index (χ0v) is 12.0. The molecule has 1 aromatic heterocycles. The largest absolute Gasteiger partial charge is 0.298 e. The van der Waals surface area contributed by atoms with Gasteiger partial charge < -0.3 is 0 Å². The van der Waals surface area contributed by atoms with Crippen LogP contribution in [-0.4, -0.2) is 10.9 Å². The van der Waals surface area contributed by atoms with E-state index < -0.39 is 0 Å². The Morgan fingerprint density at radius 1 is 1.24 bits per heavy atom. The predicted molar refractivity (Wildman–Crippen MR) is 85.5 cm³/mol. The number of hydrogen-bond acceptors (Lipinski definition) is 3. The van der Waals surface area contributed by atoms with Crippen LogP contribution in [0.3, 0.4) is 0 Å². The van der Waals surface area contributed by atoms with E-state index in [2.05, 4.69) is 34.6 Å². The van der Waals surface area contributed by atoms with Gasteiger partial charge in [0.1, 0.15) is 0 Å². The summed E-state index contributed by atoms with van der Waals surface area (Å²) in [6.07, 6.45) is 9.36. The van der Waals surface area contributed by atoms with Gasteiger partial charge in [-0.15, -0.1) is 0 Å². The lowest BCUT2D eigenvalue weighted by molar-refractivity contribution is 0.102. The molecule has 0 saturated heterocycles. The van der Waals surface area contributed by atoms with Gasteiger partial charge in [-0.2, -0.15) is 0 Å². The molecule has 3 nitrogen and oxygen atoms in total. The van der Waals surface area contributed by atoms with Gasteiger partial charge in [0.05, 0.1) is 9.88 Å². The Morgan fingerprint density at radius 2 is 2.10 bits per heavy atom. The summed E-state index contributed by atoms with van der Waals surface area (Å²) in [7, 11) is 0. The molecule has 4 rings (SSSR count). The van der Waals surface area contributed by atoms with Crippen molar-refractivity contribution in [3.63, 3.8) is 0 Å². The minimum absolute atomic E-state index is 0.118. The summed E-state index contributed by atoms with van der Waals surface area (Å²) in [5.41, 5.74) is 3.14. The molecule has 0 radical (unpaired) electrons. The Bertz CT molecular complexity index is 904. The highest BCUT2D eigenvalue weighted by Gasteiger charge is 2.16. The lowest BCUT2D eigenvalue weighted by Crippen LogP contribution is -2.20. The monoisotopic (exact) mass is 292 g/mol. The Balaban J connectivity index is 1.66. The first-order valence-corrected chi connectivity index (χ1v) is 7.58. The zero-order chi connectivity index (χ0) is 14.2. The third kappa shape index (κ3) is 2.14. The fourth-order valence-electron chi connectivity index (χ4n) is 2.54. The first kappa shape index (κ1) is 12.3. The van der Waals surface area contributed by atoms with Crippen LogP contribution in [0.25, 0.3) is 11.6 Å². The molecule has 0 bridgehead atoms. The molecule has 1 amide bonds. The van der Waals surface area contributed by atoms with Crippen molar-refractivity contribution >= 4 is 34.0 Å². The number of nitrogens with zero attached hydrogens (tertiary/aromatic N) is 1. The van der Waals surface area contributed by atoms with Crippen molar-refractivity contribution in [2.75, 3.05) is 5.32 Å². The molecule has 0 atom stereocenters. The van der Waals surface area contributed by atoms with E-state index >= 15 is 0 Å². The summed E-state index contributed by atoms with van der Waals surface area (Å²) < 4.78 is 1.13. The number of allylic oxidation sites excluding steroid dienone is 4. The molecule has 2 aliphatic carbocycles. The van der Waals surface area contributed by atoms with E-state index in [0.717, 1.165) is 16.3 Å². The van der Waals surface area contributed by atoms with Crippen molar-refractivity contribution in [3.05, 3.63) is 69.6 Å². The highest BCUT2D eigenvalue weighted by Crippen LogP contribution is 2.24. The number of thiazole rings is 1. The van der Waals surface area contributed by atoms with E-state index in [9.17, 15) is 4.79 Å². The minimum atomic E-state index is -0.118.